The second-order valence-electron chi connectivity index (χ2n) is 4.45. The Hall–Kier alpha value is -2.05. The highest BCUT2D eigenvalue weighted by molar-refractivity contribution is 5.68. The van der Waals surface area contributed by atoms with Crippen LogP contribution in [-0.4, -0.2) is 19.5 Å². The first-order valence-corrected chi connectivity index (χ1v) is 5.60. The van der Waals surface area contributed by atoms with Crippen LogP contribution in [0.15, 0.2) is 14.4 Å². The Bertz CT molecular complexity index is 728. The van der Waals surface area contributed by atoms with Crippen molar-refractivity contribution < 1.29 is 0 Å². The van der Waals surface area contributed by atoms with E-state index in [4.69, 9.17) is 0 Å². The Morgan fingerprint density at radius 3 is 2.59 bits per heavy atom. The van der Waals surface area contributed by atoms with Crippen LogP contribution in [0.25, 0.3) is 11.2 Å². The fourth-order valence-electron chi connectivity index (χ4n) is 2.00. The van der Waals surface area contributed by atoms with Crippen LogP contribution in [0.1, 0.15) is 19.3 Å². The van der Waals surface area contributed by atoms with Crippen molar-refractivity contribution in [3.8, 4) is 0 Å². The standard InChI is InChI=1S/C10H12N4O3/c15-8-6-7(12-9(16)11-6)14(10(17)13-8)4-3-5-1-2-5/h5H,1-4H2,(H2,11,12,16)(H,13,15,17). The lowest BCUT2D eigenvalue weighted by Crippen LogP contribution is -2.30. The van der Waals surface area contributed by atoms with E-state index in [1.807, 2.05) is 0 Å². The van der Waals surface area contributed by atoms with Gasteiger partial charge in [0, 0.05) is 6.54 Å². The third kappa shape index (κ3) is 1.73. The van der Waals surface area contributed by atoms with Crippen molar-refractivity contribution in [3.63, 3.8) is 0 Å². The molecule has 1 fully saturated rings. The molecule has 1 aliphatic carbocycles. The van der Waals surface area contributed by atoms with Crippen molar-refractivity contribution in [2.75, 3.05) is 0 Å². The van der Waals surface area contributed by atoms with Gasteiger partial charge in [-0.3, -0.25) is 24.3 Å². The summed E-state index contributed by atoms with van der Waals surface area (Å²) in [4.78, 5) is 41.4. The molecule has 2 heterocycles. The Labute approximate surface area is 94.5 Å². The number of nitrogens with one attached hydrogen (secondary N) is 3. The molecule has 2 aromatic rings. The van der Waals surface area contributed by atoms with E-state index in [9.17, 15) is 14.4 Å². The van der Waals surface area contributed by atoms with E-state index in [0.717, 1.165) is 6.42 Å². The van der Waals surface area contributed by atoms with Gasteiger partial charge < -0.3 is 0 Å². The van der Waals surface area contributed by atoms with Gasteiger partial charge in [-0.1, -0.05) is 12.8 Å². The molecule has 7 heteroatoms. The number of aromatic nitrogens is 4. The van der Waals surface area contributed by atoms with E-state index in [-0.39, 0.29) is 11.2 Å². The normalized spacial score (nSPS) is 15.5. The van der Waals surface area contributed by atoms with Crippen molar-refractivity contribution in [1.82, 2.24) is 19.5 Å². The van der Waals surface area contributed by atoms with E-state index >= 15 is 0 Å². The minimum Gasteiger partial charge on any atom is -0.300 e. The Morgan fingerprint density at radius 2 is 1.88 bits per heavy atom. The molecular formula is C10H12N4O3. The van der Waals surface area contributed by atoms with Gasteiger partial charge in [-0.15, -0.1) is 0 Å². The maximum absolute atomic E-state index is 11.7. The zero-order chi connectivity index (χ0) is 12.0. The van der Waals surface area contributed by atoms with E-state index in [2.05, 4.69) is 15.0 Å². The molecule has 0 spiro atoms. The average Bonchev–Trinajstić information content (AvgIpc) is 3.00. The van der Waals surface area contributed by atoms with E-state index < -0.39 is 16.9 Å². The Kier molecular flexibility index (Phi) is 2.07. The lowest BCUT2D eigenvalue weighted by Gasteiger charge is -2.04. The molecule has 0 saturated heterocycles. The molecule has 0 bridgehead atoms. The summed E-state index contributed by atoms with van der Waals surface area (Å²) >= 11 is 0. The smallest absolute Gasteiger partial charge is 0.300 e. The van der Waals surface area contributed by atoms with Crippen LogP contribution in [0.2, 0.25) is 0 Å². The van der Waals surface area contributed by atoms with Crippen molar-refractivity contribution in [2.24, 2.45) is 5.92 Å². The summed E-state index contributed by atoms with van der Waals surface area (Å²) in [6.45, 7) is 0.518. The number of aromatic amines is 3. The van der Waals surface area contributed by atoms with Gasteiger partial charge in [0.15, 0.2) is 5.52 Å². The maximum Gasteiger partial charge on any atom is 0.330 e. The van der Waals surface area contributed by atoms with Crippen LogP contribution in [0, 0.1) is 5.92 Å². The summed E-state index contributed by atoms with van der Waals surface area (Å²) in [5.41, 5.74) is -1.10. The zero-order valence-corrected chi connectivity index (χ0v) is 9.08. The van der Waals surface area contributed by atoms with E-state index in [0.29, 0.717) is 12.5 Å². The second-order valence-corrected chi connectivity index (χ2v) is 4.45. The maximum atomic E-state index is 11.7. The topological polar surface area (TPSA) is 104 Å². The highest BCUT2D eigenvalue weighted by Gasteiger charge is 2.21. The van der Waals surface area contributed by atoms with Crippen LogP contribution in [-0.2, 0) is 6.54 Å². The van der Waals surface area contributed by atoms with Gasteiger partial charge in [0.25, 0.3) is 5.56 Å². The van der Waals surface area contributed by atoms with E-state index in [1.165, 1.54) is 17.4 Å². The van der Waals surface area contributed by atoms with Gasteiger partial charge in [0.2, 0.25) is 0 Å². The molecule has 1 aliphatic rings. The van der Waals surface area contributed by atoms with Gasteiger partial charge in [0.05, 0.1) is 0 Å². The predicted octanol–water partition coefficient (Wildman–Crippen LogP) is -0.494. The second kappa shape index (κ2) is 3.47. The van der Waals surface area contributed by atoms with Gasteiger partial charge in [-0.25, -0.2) is 9.59 Å². The first-order chi connectivity index (χ1) is 8.15. The first kappa shape index (κ1) is 10.1. The molecule has 17 heavy (non-hydrogen) atoms. The minimum atomic E-state index is -0.564. The molecule has 0 radical (unpaired) electrons. The molecule has 1 saturated carbocycles. The molecule has 3 N–H and O–H groups in total. The summed E-state index contributed by atoms with van der Waals surface area (Å²) in [7, 11) is 0. The molecule has 3 rings (SSSR count). The van der Waals surface area contributed by atoms with Gasteiger partial charge in [0.1, 0.15) is 5.65 Å². The number of hydrogen-bond donors (Lipinski definition) is 3. The summed E-state index contributed by atoms with van der Waals surface area (Å²) in [5, 5.41) is 0. The minimum absolute atomic E-state index is 0.130. The fourth-order valence-corrected chi connectivity index (χ4v) is 2.00. The third-order valence-corrected chi connectivity index (χ3v) is 3.13. The van der Waals surface area contributed by atoms with Crippen LogP contribution < -0.4 is 16.9 Å². The van der Waals surface area contributed by atoms with Crippen LogP contribution in [0.3, 0.4) is 0 Å². The van der Waals surface area contributed by atoms with Gasteiger partial charge in [-0.05, 0) is 12.3 Å². The lowest BCUT2D eigenvalue weighted by molar-refractivity contribution is 0.582. The molecule has 0 unspecified atom stereocenters. The molecule has 7 nitrogen and oxygen atoms in total. The number of fused-ring (bicyclic) bond motifs is 1. The lowest BCUT2D eigenvalue weighted by atomic mass is 10.3. The summed E-state index contributed by atoms with van der Waals surface area (Å²) < 4.78 is 1.41. The number of imidazole rings is 1. The summed E-state index contributed by atoms with van der Waals surface area (Å²) in [6.07, 6.45) is 3.30. The number of nitrogens with zero attached hydrogens (tertiary/aromatic N) is 1. The van der Waals surface area contributed by atoms with Crippen molar-refractivity contribution in [2.45, 2.75) is 25.8 Å². The van der Waals surface area contributed by atoms with Crippen LogP contribution >= 0.6 is 0 Å². The molecule has 0 aliphatic heterocycles. The zero-order valence-electron chi connectivity index (χ0n) is 9.08. The van der Waals surface area contributed by atoms with Crippen LogP contribution in [0.4, 0.5) is 0 Å². The predicted molar refractivity (Wildman–Crippen MR) is 61.1 cm³/mol. The quantitative estimate of drug-likeness (QED) is 0.669. The highest BCUT2D eigenvalue weighted by Crippen LogP contribution is 2.32. The average molecular weight is 236 g/mol. The van der Waals surface area contributed by atoms with Crippen molar-refractivity contribution in [1.29, 1.82) is 0 Å². The molecule has 0 amide bonds. The Morgan fingerprint density at radius 1 is 1.12 bits per heavy atom. The Balaban J connectivity index is 2.16. The number of aryl methyl sites for hydroxylation is 1. The third-order valence-electron chi connectivity index (χ3n) is 3.13. The van der Waals surface area contributed by atoms with Crippen molar-refractivity contribution >= 4 is 11.2 Å². The molecule has 0 atom stereocenters. The first-order valence-electron chi connectivity index (χ1n) is 5.60. The SMILES string of the molecule is O=c1[nH]c2c(=O)[nH]c(=O)n(CCC3CC3)c2[nH]1. The monoisotopic (exact) mass is 236 g/mol. The van der Waals surface area contributed by atoms with Crippen molar-refractivity contribution in [3.05, 3.63) is 31.3 Å². The number of rotatable bonds is 3. The van der Waals surface area contributed by atoms with Gasteiger partial charge >= 0.3 is 11.4 Å². The molecule has 90 valence electrons. The largest absolute Gasteiger partial charge is 0.330 e. The number of hydrogen-bond acceptors (Lipinski definition) is 3. The summed E-state index contributed by atoms with van der Waals surface area (Å²) in [6, 6.07) is 0. The molecule has 0 aromatic carbocycles. The molecular weight excluding hydrogens is 224 g/mol. The van der Waals surface area contributed by atoms with E-state index in [1.54, 1.807) is 0 Å². The molecule has 2 aromatic heterocycles. The number of H-pyrrole nitrogens is 3. The summed E-state index contributed by atoms with van der Waals surface area (Å²) in [5.74, 6) is 0.676. The van der Waals surface area contributed by atoms with Crippen LogP contribution in [0.5, 0.6) is 0 Å². The fraction of sp³-hybridized carbons (Fsp3) is 0.500. The van der Waals surface area contributed by atoms with Gasteiger partial charge in [-0.2, -0.15) is 0 Å². The highest BCUT2D eigenvalue weighted by atomic mass is 16.2.